The van der Waals surface area contributed by atoms with Crippen molar-refractivity contribution in [2.75, 3.05) is 6.61 Å². The van der Waals surface area contributed by atoms with Crippen LogP contribution in [-0.4, -0.2) is 84.9 Å². The number of aliphatic hydroxyl groups excluding tert-OH is 5. The summed E-state index contributed by atoms with van der Waals surface area (Å²) in [6.45, 7) is 3.18. The first kappa shape index (κ1) is 26.9. The predicted octanol–water partition coefficient (Wildman–Crippen LogP) is 0.462. The minimum absolute atomic E-state index is 0.0473. The van der Waals surface area contributed by atoms with Crippen molar-refractivity contribution < 1.29 is 54.8 Å². The van der Waals surface area contributed by atoms with Crippen molar-refractivity contribution in [3.8, 4) is 23.0 Å². The molecule has 1 fully saturated rings. The molecular weight excluding hydrogens is 488 g/mol. The topological polar surface area (TPSA) is 186 Å². The maximum absolute atomic E-state index is 13.0. The molecule has 0 unspecified atom stereocenters. The first-order chi connectivity index (χ1) is 17.5. The zero-order valence-corrected chi connectivity index (χ0v) is 20.2. The molecule has 37 heavy (non-hydrogen) atoms. The van der Waals surface area contributed by atoms with E-state index < -0.39 is 61.1 Å². The van der Waals surface area contributed by atoms with Crippen molar-refractivity contribution in [2.45, 2.75) is 63.2 Å². The summed E-state index contributed by atoms with van der Waals surface area (Å²) in [5.74, 6) is -1.53. The number of ether oxygens (including phenoxy) is 3. The van der Waals surface area contributed by atoms with Gasteiger partial charge in [0.1, 0.15) is 53.0 Å². The summed E-state index contributed by atoms with van der Waals surface area (Å²) < 4.78 is 16.8. The van der Waals surface area contributed by atoms with Gasteiger partial charge in [0.25, 0.3) is 0 Å². The van der Waals surface area contributed by atoms with Gasteiger partial charge in [-0.1, -0.05) is 17.7 Å². The van der Waals surface area contributed by atoms with Gasteiger partial charge >= 0.3 is 0 Å². The van der Waals surface area contributed by atoms with E-state index in [1.165, 1.54) is 18.2 Å². The zero-order valence-electron chi connectivity index (χ0n) is 20.2. The van der Waals surface area contributed by atoms with E-state index in [4.69, 9.17) is 14.2 Å². The van der Waals surface area contributed by atoms with Crippen molar-refractivity contribution >= 4 is 5.78 Å². The van der Waals surface area contributed by atoms with E-state index in [-0.39, 0.29) is 22.8 Å². The lowest BCUT2D eigenvalue weighted by atomic mass is 9.91. The maximum atomic E-state index is 13.0. The molecule has 1 saturated heterocycles. The summed E-state index contributed by atoms with van der Waals surface area (Å²) in [6, 6.07) is 6.87. The number of carbonyl (C=O) groups is 1. The van der Waals surface area contributed by atoms with Gasteiger partial charge in [-0.25, -0.2) is 0 Å². The van der Waals surface area contributed by atoms with E-state index in [1.807, 2.05) is 19.9 Å². The molecule has 2 heterocycles. The lowest BCUT2D eigenvalue weighted by molar-refractivity contribution is -0.277. The number of Topliss-reactive ketones (excluding diaryl/α,β-unsaturated/α-hetero) is 1. The highest BCUT2D eigenvalue weighted by molar-refractivity contribution is 6.05. The Bertz CT molecular complexity index is 1190. The zero-order chi connectivity index (χ0) is 27.0. The molecule has 0 amide bonds. The van der Waals surface area contributed by atoms with Gasteiger partial charge in [0.05, 0.1) is 6.61 Å². The van der Waals surface area contributed by atoms with Gasteiger partial charge < -0.3 is 50.0 Å². The van der Waals surface area contributed by atoms with Gasteiger partial charge in [0.15, 0.2) is 12.2 Å². The normalized spacial score (nSPS) is 29.3. The van der Waals surface area contributed by atoms with Crippen molar-refractivity contribution in [2.24, 2.45) is 0 Å². The number of carbonyl (C=O) groups excluding carboxylic acids is 1. The highest BCUT2D eigenvalue weighted by atomic mass is 16.7. The standard InChI is InChI=1S/C26H30O11/c1-11(2)3-4-12-7-13(5-6-15(12)28)25-23(33)21(31)19-16(29)8-14(9-17(19)36-25)35-26-24(34)22(32)20(30)18(10-27)37-26/h3,5-9,18,20,22-30,32-34H,4,10H2,1-2H3/t18-,20-,22+,23-,24-,25-,26-/m1/s1. The van der Waals surface area contributed by atoms with Crippen LogP contribution < -0.4 is 9.47 Å². The fraction of sp³-hybridized carbons (Fsp3) is 0.423. The van der Waals surface area contributed by atoms with Crippen LogP contribution in [0.2, 0.25) is 0 Å². The first-order valence-corrected chi connectivity index (χ1v) is 11.7. The van der Waals surface area contributed by atoms with E-state index in [1.54, 1.807) is 6.07 Å². The first-order valence-electron chi connectivity index (χ1n) is 11.7. The molecule has 0 saturated carbocycles. The highest BCUT2D eigenvalue weighted by Crippen LogP contribution is 2.43. The third-order valence-electron chi connectivity index (χ3n) is 6.37. The molecule has 2 aliphatic rings. The van der Waals surface area contributed by atoms with Gasteiger partial charge in [0, 0.05) is 12.1 Å². The molecule has 200 valence electrons. The minimum atomic E-state index is -1.69. The Morgan fingerprint density at radius 2 is 1.73 bits per heavy atom. The summed E-state index contributed by atoms with van der Waals surface area (Å²) in [4.78, 5) is 13.0. The SMILES string of the molecule is CC(C)=CCc1cc([C@H]2Oc3cc(O[C@@H]4O[C@H](CO)[C@@H](O)[C@H](O)[C@H]4O)cc(O)c3C(=O)[C@H]2O)ccc1O. The fourth-order valence-corrected chi connectivity index (χ4v) is 4.28. The molecule has 0 aliphatic carbocycles. The second-order valence-corrected chi connectivity index (χ2v) is 9.35. The number of benzene rings is 2. The van der Waals surface area contributed by atoms with Crippen LogP contribution >= 0.6 is 0 Å². The van der Waals surface area contributed by atoms with Crippen LogP contribution in [0.4, 0.5) is 0 Å². The van der Waals surface area contributed by atoms with E-state index in [0.717, 1.165) is 11.6 Å². The van der Waals surface area contributed by atoms with Gasteiger partial charge in [-0.15, -0.1) is 0 Å². The predicted molar refractivity (Wildman–Crippen MR) is 127 cm³/mol. The van der Waals surface area contributed by atoms with Crippen molar-refractivity contribution in [1.82, 2.24) is 0 Å². The maximum Gasteiger partial charge on any atom is 0.229 e. The molecule has 0 bridgehead atoms. The Hall–Kier alpha value is -3.19. The van der Waals surface area contributed by atoms with Gasteiger partial charge in [-0.05, 0) is 43.5 Å². The third kappa shape index (κ3) is 5.28. The van der Waals surface area contributed by atoms with Crippen LogP contribution in [0.1, 0.15) is 41.4 Å². The molecule has 2 aromatic rings. The second-order valence-electron chi connectivity index (χ2n) is 9.35. The number of hydrogen-bond acceptors (Lipinski definition) is 11. The quantitative estimate of drug-likeness (QED) is 0.263. The van der Waals surface area contributed by atoms with Gasteiger partial charge in [0.2, 0.25) is 12.1 Å². The number of aromatic hydroxyl groups is 2. The second kappa shape index (κ2) is 10.7. The number of hydrogen-bond donors (Lipinski definition) is 7. The number of aliphatic hydroxyl groups is 5. The molecule has 7 atom stereocenters. The molecule has 11 heteroatoms. The van der Waals surface area contributed by atoms with Crippen LogP contribution in [0.5, 0.6) is 23.0 Å². The number of ketones is 1. The summed E-state index contributed by atoms with van der Waals surface area (Å²) in [5, 5.41) is 71.0. The summed E-state index contributed by atoms with van der Waals surface area (Å²) in [7, 11) is 0. The van der Waals surface area contributed by atoms with E-state index in [9.17, 15) is 40.5 Å². The molecule has 7 N–H and O–H groups in total. The molecule has 4 rings (SSSR count). The average molecular weight is 519 g/mol. The summed E-state index contributed by atoms with van der Waals surface area (Å²) in [6.07, 6.45) is -8.13. The average Bonchev–Trinajstić information content (AvgIpc) is 2.85. The molecule has 11 nitrogen and oxygen atoms in total. The lowest BCUT2D eigenvalue weighted by Gasteiger charge is -2.39. The number of rotatable bonds is 6. The van der Waals surface area contributed by atoms with Crippen LogP contribution in [-0.2, 0) is 11.2 Å². The number of phenolic OH excluding ortho intramolecular Hbond substituents is 2. The largest absolute Gasteiger partial charge is 0.508 e. The molecule has 2 aliphatic heterocycles. The Balaban J connectivity index is 1.63. The fourth-order valence-electron chi connectivity index (χ4n) is 4.28. The van der Waals surface area contributed by atoms with E-state index >= 15 is 0 Å². The Kier molecular flexibility index (Phi) is 7.74. The molecule has 0 radical (unpaired) electrons. The molecular formula is C26H30O11. The van der Waals surface area contributed by atoms with Crippen LogP contribution in [0, 0.1) is 0 Å². The number of phenols is 2. The Labute approximate surface area is 212 Å². The van der Waals surface area contributed by atoms with Crippen LogP contribution in [0.15, 0.2) is 42.0 Å². The Morgan fingerprint density at radius 3 is 2.41 bits per heavy atom. The van der Waals surface area contributed by atoms with Crippen LogP contribution in [0.25, 0.3) is 0 Å². The van der Waals surface area contributed by atoms with Crippen molar-refractivity contribution in [3.05, 3.63) is 58.7 Å². The van der Waals surface area contributed by atoms with Crippen molar-refractivity contribution in [1.29, 1.82) is 0 Å². The van der Waals surface area contributed by atoms with Crippen molar-refractivity contribution in [3.63, 3.8) is 0 Å². The molecule has 0 spiro atoms. The smallest absolute Gasteiger partial charge is 0.229 e. The van der Waals surface area contributed by atoms with E-state index in [2.05, 4.69) is 0 Å². The third-order valence-corrected chi connectivity index (χ3v) is 6.37. The van der Waals surface area contributed by atoms with Gasteiger partial charge in [-0.3, -0.25) is 4.79 Å². The number of fused-ring (bicyclic) bond motifs is 1. The van der Waals surface area contributed by atoms with Gasteiger partial charge in [-0.2, -0.15) is 0 Å². The monoisotopic (exact) mass is 518 g/mol. The molecule has 0 aromatic heterocycles. The minimum Gasteiger partial charge on any atom is -0.508 e. The Morgan fingerprint density at radius 1 is 1.00 bits per heavy atom. The summed E-state index contributed by atoms with van der Waals surface area (Å²) >= 11 is 0. The van der Waals surface area contributed by atoms with Crippen LogP contribution in [0.3, 0.4) is 0 Å². The highest BCUT2D eigenvalue weighted by Gasteiger charge is 2.45. The number of allylic oxidation sites excluding steroid dienone is 2. The summed E-state index contributed by atoms with van der Waals surface area (Å²) in [5.41, 5.74) is 1.76. The van der Waals surface area contributed by atoms with E-state index in [0.29, 0.717) is 17.5 Å². The lowest BCUT2D eigenvalue weighted by Crippen LogP contribution is -2.60. The molecule has 2 aromatic carbocycles.